The summed E-state index contributed by atoms with van der Waals surface area (Å²) in [4.78, 5) is 16.6. The minimum atomic E-state index is 0.551. The first-order chi connectivity index (χ1) is 15.2. The largest absolute Gasteiger partial charge is 0.494 e. The Kier molecular flexibility index (Phi) is 5.68. The molecule has 1 saturated carbocycles. The van der Waals surface area contributed by atoms with Crippen molar-refractivity contribution in [2.45, 2.75) is 38.1 Å². The number of piperazine rings is 1. The quantitative estimate of drug-likeness (QED) is 0.790. The van der Waals surface area contributed by atoms with E-state index in [9.17, 15) is 0 Å². The summed E-state index contributed by atoms with van der Waals surface area (Å²) in [5.74, 6) is 2.47. The van der Waals surface area contributed by atoms with Crippen LogP contribution in [0.2, 0.25) is 0 Å². The molecule has 0 spiro atoms. The van der Waals surface area contributed by atoms with Gasteiger partial charge in [0.2, 0.25) is 5.95 Å². The van der Waals surface area contributed by atoms with E-state index in [1.54, 1.807) is 7.11 Å². The van der Waals surface area contributed by atoms with Gasteiger partial charge in [-0.15, -0.1) is 0 Å². The molecule has 1 N–H and O–H groups in total. The van der Waals surface area contributed by atoms with Gasteiger partial charge in [-0.2, -0.15) is 4.98 Å². The second-order valence-electron chi connectivity index (χ2n) is 8.78. The van der Waals surface area contributed by atoms with Gasteiger partial charge < -0.3 is 24.8 Å². The number of nitrogens with one attached hydrogen (secondary N) is 1. The van der Waals surface area contributed by atoms with Crippen molar-refractivity contribution in [3.8, 4) is 5.75 Å². The van der Waals surface area contributed by atoms with E-state index in [0.29, 0.717) is 12.0 Å². The molecule has 1 saturated heterocycles. The third-order valence-corrected chi connectivity index (χ3v) is 6.71. The lowest BCUT2D eigenvalue weighted by Gasteiger charge is -2.34. The number of methoxy groups -OCH3 is 1. The van der Waals surface area contributed by atoms with Gasteiger partial charge in [0.15, 0.2) is 0 Å². The number of benzene rings is 1. The molecule has 0 amide bonds. The number of rotatable bonds is 5. The zero-order valence-electron chi connectivity index (χ0n) is 18.5. The summed E-state index contributed by atoms with van der Waals surface area (Å²) in [5, 5.41) is 3.40. The summed E-state index contributed by atoms with van der Waals surface area (Å²) in [5.41, 5.74) is 3.27. The van der Waals surface area contributed by atoms with Crippen LogP contribution in [0.3, 0.4) is 0 Å². The summed E-state index contributed by atoms with van der Waals surface area (Å²) >= 11 is 0. The molecule has 31 heavy (non-hydrogen) atoms. The van der Waals surface area contributed by atoms with Gasteiger partial charge in [0, 0.05) is 61.9 Å². The van der Waals surface area contributed by atoms with Crippen LogP contribution in [0.1, 0.15) is 31.2 Å². The number of ether oxygens (including phenoxy) is 1. The molecule has 2 fully saturated rings. The standard InChI is InChI=1S/C24H32N6O/c1-28-12-14-29(15-13-28)20-9-10-21(22(16-20)31-2)26-24-25-17-18-6-5-11-30(23(18)27-24)19-7-3-4-8-19/h5,9-11,16-17,19H,3-4,6-8,12-15H2,1-2H3,(H,25,26,27). The highest BCUT2D eigenvalue weighted by atomic mass is 16.5. The molecule has 0 radical (unpaired) electrons. The van der Waals surface area contributed by atoms with E-state index in [1.807, 2.05) is 6.20 Å². The van der Waals surface area contributed by atoms with Gasteiger partial charge in [-0.3, -0.25) is 0 Å². The molecule has 164 valence electrons. The number of anilines is 4. The molecule has 0 atom stereocenters. The predicted octanol–water partition coefficient (Wildman–Crippen LogP) is 3.80. The van der Waals surface area contributed by atoms with Crippen molar-refractivity contribution >= 4 is 23.1 Å². The number of aromatic nitrogens is 2. The number of hydrogen-bond donors (Lipinski definition) is 1. The van der Waals surface area contributed by atoms with Crippen LogP contribution >= 0.6 is 0 Å². The van der Waals surface area contributed by atoms with Gasteiger partial charge in [0.05, 0.1) is 12.8 Å². The molecular formula is C24H32N6O. The van der Waals surface area contributed by atoms with Crippen LogP contribution in [0.25, 0.3) is 0 Å². The molecule has 1 aliphatic carbocycles. The molecule has 7 nitrogen and oxygen atoms in total. The average molecular weight is 421 g/mol. The first-order valence-electron chi connectivity index (χ1n) is 11.4. The van der Waals surface area contributed by atoms with Gasteiger partial charge in [-0.25, -0.2) is 4.98 Å². The number of fused-ring (bicyclic) bond motifs is 1. The Morgan fingerprint density at radius 2 is 1.90 bits per heavy atom. The van der Waals surface area contributed by atoms with Crippen LogP contribution in [0.4, 0.5) is 23.1 Å². The van der Waals surface area contributed by atoms with E-state index in [4.69, 9.17) is 9.72 Å². The summed E-state index contributed by atoms with van der Waals surface area (Å²) in [6.45, 7) is 4.23. The monoisotopic (exact) mass is 420 g/mol. The highest BCUT2D eigenvalue weighted by Gasteiger charge is 2.26. The molecule has 2 aliphatic heterocycles. The first-order valence-corrected chi connectivity index (χ1v) is 11.4. The lowest BCUT2D eigenvalue weighted by molar-refractivity contribution is 0.312. The van der Waals surface area contributed by atoms with Gasteiger partial charge in [0.1, 0.15) is 11.6 Å². The molecule has 7 heteroatoms. The molecule has 0 bridgehead atoms. The Balaban J connectivity index is 1.37. The van der Waals surface area contributed by atoms with E-state index >= 15 is 0 Å². The third-order valence-electron chi connectivity index (χ3n) is 6.71. The van der Waals surface area contributed by atoms with E-state index < -0.39 is 0 Å². The van der Waals surface area contributed by atoms with E-state index in [0.717, 1.165) is 49.9 Å². The van der Waals surface area contributed by atoms with Crippen molar-refractivity contribution < 1.29 is 4.74 Å². The van der Waals surface area contributed by atoms with E-state index in [1.165, 1.54) is 36.9 Å². The minimum absolute atomic E-state index is 0.551. The van der Waals surface area contributed by atoms with Crippen molar-refractivity contribution in [2.24, 2.45) is 0 Å². The predicted molar refractivity (Wildman–Crippen MR) is 126 cm³/mol. The Bertz CT molecular complexity index is 947. The van der Waals surface area contributed by atoms with Crippen molar-refractivity contribution in [1.82, 2.24) is 14.9 Å². The van der Waals surface area contributed by atoms with Crippen LogP contribution in [0.5, 0.6) is 5.75 Å². The second-order valence-corrected chi connectivity index (χ2v) is 8.78. The van der Waals surface area contributed by atoms with Crippen molar-refractivity contribution in [3.05, 3.63) is 42.2 Å². The molecule has 0 unspecified atom stereocenters. The highest BCUT2D eigenvalue weighted by Crippen LogP contribution is 2.35. The van der Waals surface area contributed by atoms with Crippen molar-refractivity contribution in [1.29, 1.82) is 0 Å². The smallest absolute Gasteiger partial charge is 0.229 e. The van der Waals surface area contributed by atoms with Gasteiger partial charge in [-0.05, 0) is 38.4 Å². The molecule has 5 rings (SSSR count). The fraction of sp³-hybridized carbons (Fsp3) is 0.500. The van der Waals surface area contributed by atoms with E-state index in [2.05, 4.69) is 62.5 Å². The van der Waals surface area contributed by atoms with Crippen LogP contribution in [-0.4, -0.2) is 61.2 Å². The van der Waals surface area contributed by atoms with Gasteiger partial charge in [0.25, 0.3) is 0 Å². The maximum absolute atomic E-state index is 5.71. The lowest BCUT2D eigenvalue weighted by atomic mass is 10.1. The summed E-state index contributed by atoms with van der Waals surface area (Å²) in [6, 6.07) is 6.89. The Morgan fingerprint density at radius 3 is 2.68 bits per heavy atom. The Labute approximate surface area is 184 Å². The zero-order valence-corrected chi connectivity index (χ0v) is 18.5. The van der Waals surface area contributed by atoms with Crippen molar-refractivity contribution in [3.63, 3.8) is 0 Å². The van der Waals surface area contributed by atoms with Gasteiger partial charge >= 0.3 is 0 Å². The lowest BCUT2D eigenvalue weighted by Crippen LogP contribution is -2.44. The normalized spacial score (nSPS) is 19.5. The topological polar surface area (TPSA) is 56.8 Å². The maximum atomic E-state index is 5.71. The Hall–Kier alpha value is -2.80. The molecule has 3 aliphatic rings. The fourth-order valence-corrected chi connectivity index (χ4v) is 4.83. The first kappa shape index (κ1) is 20.1. The van der Waals surface area contributed by atoms with Crippen LogP contribution in [0.15, 0.2) is 36.7 Å². The molecular weight excluding hydrogens is 388 g/mol. The van der Waals surface area contributed by atoms with Crippen LogP contribution < -0.4 is 19.9 Å². The van der Waals surface area contributed by atoms with Crippen LogP contribution in [-0.2, 0) is 6.42 Å². The summed E-state index contributed by atoms with van der Waals surface area (Å²) in [7, 11) is 3.89. The highest BCUT2D eigenvalue weighted by molar-refractivity contribution is 5.69. The summed E-state index contributed by atoms with van der Waals surface area (Å²) in [6.07, 6.45) is 12.4. The Morgan fingerprint density at radius 1 is 1.10 bits per heavy atom. The van der Waals surface area contributed by atoms with Crippen LogP contribution in [0, 0.1) is 0 Å². The molecule has 1 aromatic heterocycles. The molecule has 2 aromatic rings. The zero-order chi connectivity index (χ0) is 21.2. The number of likely N-dealkylation sites (N-methyl/N-ethyl adjacent to an activating group) is 1. The number of hydrogen-bond acceptors (Lipinski definition) is 7. The molecule has 3 heterocycles. The summed E-state index contributed by atoms with van der Waals surface area (Å²) < 4.78 is 5.71. The SMILES string of the molecule is COc1cc(N2CCN(C)CC2)ccc1Nc1ncc2c(n1)N(C1CCCC1)C=CC2. The third kappa shape index (κ3) is 4.19. The van der Waals surface area contributed by atoms with Gasteiger partial charge in [-0.1, -0.05) is 18.9 Å². The fourth-order valence-electron chi connectivity index (χ4n) is 4.83. The number of allylic oxidation sites excluding steroid dienone is 1. The average Bonchev–Trinajstić information content (AvgIpc) is 3.34. The minimum Gasteiger partial charge on any atom is -0.494 e. The molecule has 1 aromatic carbocycles. The second kappa shape index (κ2) is 8.75. The number of nitrogens with zero attached hydrogens (tertiary/aromatic N) is 5. The maximum Gasteiger partial charge on any atom is 0.229 e. The van der Waals surface area contributed by atoms with E-state index in [-0.39, 0.29) is 0 Å². The van der Waals surface area contributed by atoms with Crippen molar-refractivity contribution in [2.75, 3.05) is 55.5 Å².